The van der Waals surface area contributed by atoms with Gasteiger partial charge in [-0.3, -0.25) is 0 Å². The predicted molar refractivity (Wildman–Crippen MR) is 56.5 cm³/mol. The van der Waals surface area contributed by atoms with Crippen LogP contribution in [-0.2, 0) is 13.6 Å². The zero-order valence-electron chi connectivity index (χ0n) is 9.04. The van der Waals surface area contributed by atoms with Crippen LogP contribution >= 0.6 is 0 Å². The molecular weight excluding hydrogens is 206 g/mol. The number of aromatic nitrogens is 6. The van der Waals surface area contributed by atoms with Gasteiger partial charge in [0.05, 0.1) is 5.69 Å². The van der Waals surface area contributed by atoms with Crippen LogP contribution < -0.4 is 5.73 Å². The van der Waals surface area contributed by atoms with Crippen LogP contribution in [0.25, 0.3) is 0 Å². The third kappa shape index (κ3) is 1.44. The second-order valence-electron chi connectivity index (χ2n) is 4.15. The summed E-state index contributed by atoms with van der Waals surface area (Å²) in [7, 11) is 1.91. The molecule has 0 atom stereocenters. The number of rotatable bonds is 3. The van der Waals surface area contributed by atoms with Crippen LogP contribution in [-0.4, -0.2) is 29.8 Å². The first-order valence-corrected chi connectivity index (χ1v) is 5.27. The molecule has 7 heteroatoms. The van der Waals surface area contributed by atoms with E-state index in [1.54, 1.807) is 6.33 Å². The molecule has 2 heterocycles. The van der Waals surface area contributed by atoms with Crippen LogP contribution in [0, 0.1) is 0 Å². The molecule has 1 fully saturated rings. The van der Waals surface area contributed by atoms with Gasteiger partial charge in [0.15, 0.2) is 11.6 Å². The summed E-state index contributed by atoms with van der Waals surface area (Å²) in [6.07, 6.45) is 4.03. The van der Waals surface area contributed by atoms with E-state index in [0.29, 0.717) is 18.3 Å². The van der Waals surface area contributed by atoms with Gasteiger partial charge in [0, 0.05) is 13.0 Å². The van der Waals surface area contributed by atoms with Crippen LogP contribution in [0.5, 0.6) is 0 Å². The van der Waals surface area contributed by atoms with Crippen molar-refractivity contribution in [1.82, 2.24) is 29.8 Å². The maximum Gasteiger partial charge on any atom is 0.169 e. The third-order valence-corrected chi connectivity index (χ3v) is 2.86. The van der Waals surface area contributed by atoms with Gasteiger partial charge < -0.3 is 10.3 Å². The van der Waals surface area contributed by atoms with Crippen molar-refractivity contribution in [2.45, 2.75) is 25.3 Å². The summed E-state index contributed by atoms with van der Waals surface area (Å²) in [5.74, 6) is 1.93. The van der Waals surface area contributed by atoms with E-state index >= 15 is 0 Å². The molecule has 0 unspecified atom stereocenters. The topological polar surface area (TPSA) is 87.4 Å². The van der Waals surface area contributed by atoms with E-state index in [1.165, 1.54) is 12.8 Å². The quantitative estimate of drug-likeness (QED) is 0.779. The van der Waals surface area contributed by atoms with Gasteiger partial charge in [0.25, 0.3) is 0 Å². The van der Waals surface area contributed by atoms with Crippen LogP contribution in [0.4, 0.5) is 5.82 Å². The SMILES string of the molecule is Cn1cnnc1Cn1nnc(N)c1C1CC1. The maximum absolute atomic E-state index is 5.81. The zero-order valence-corrected chi connectivity index (χ0v) is 9.04. The van der Waals surface area contributed by atoms with E-state index in [0.717, 1.165) is 11.5 Å². The average molecular weight is 219 g/mol. The van der Waals surface area contributed by atoms with Gasteiger partial charge >= 0.3 is 0 Å². The highest BCUT2D eigenvalue weighted by Gasteiger charge is 2.30. The van der Waals surface area contributed by atoms with E-state index in [4.69, 9.17) is 5.73 Å². The normalized spacial score (nSPS) is 15.6. The molecule has 1 aliphatic carbocycles. The summed E-state index contributed by atoms with van der Waals surface area (Å²) in [6.45, 7) is 0.576. The zero-order chi connectivity index (χ0) is 11.1. The van der Waals surface area contributed by atoms with E-state index in [9.17, 15) is 0 Å². The third-order valence-electron chi connectivity index (χ3n) is 2.86. The van der Waals surface area contributed by atoms with Gasteiger partial charge in [-0.05, 0) is 12.8 Å². The predicted octanol–water partition coefficient (Wildman–Crippen LogP) is -0.0855. The van der Waals surface area contributed by atoms with E-state index in [1.807, 2.05) is 16.3 Å². The molecule has 0 saturated heterocycles. The lowest BCUT2D eigenvalue weighted by Crippen LogP contribution is -2.10. The van der Waals surface area contributed by atoms with Gasteiger partial charge in [0.1, 0.15) is 12.9 Å². The van der Waals surface area contributed by atoms with Crippen molar-refractivity contribution >= 4 is 5.82 Å². The van der Waals surface area contributed by atoms with Crippen molar-refractivity contribution in [2.24, 2.45) is 7.05 Å². The number of anilines is 1. The second-order valence-corrected chi connectivity index (χ2v) is 4.15. The molecule has 7 nitrogen and oxygen atoms in total. The highest BCUT2D eigenvalue weighted by atomic mass is 15.5. The Morgan fingerprint density at radius 2 is 2.25 bits per heavy atom. The Hall–Kier alpha value is -1.92. The fourth-order valence-electron chi connectivity index (χ4n) is 1.81. The van der Waals surface area contributed by atoms with Crippen LogP contribution in [0.15, 0.2) is 6.33 Å². The van der Waals surface area contributed by atoms with Gasteiger partial charge in [-0.15, -0.1) is 15.3 Å². The van der Waals surface area contributed by atoms with Crippen molar-refractivity contribution in [3.63, 3.8) is 0 Å². The first-order valence-electron chi connectivity index (χ1n) is 5.27. The standard InChI is InChI=1S/C9H13N7/c1-15-5-11-12-7(15)4-16-8(6-2-3-6)9(10)13-14-16/h5-6H,2-4,10H2,1H3. The van der Waals surface area contributed by atoms with Gasteiger partial charge in [-0.1, -0.05) is 5.21 Å². The lowest BCUT2D eigenvalue weighted by Gasteiger charge is -2.04. The Kier molecular flexibility index (Phi) is 1.92. The van der Waals surface area contributed by atoms with Crippen molar-refractivity contribution < 1.29 is 0 Å². The fourth-order valence-corrected chi connectivity index (χ4v) is 1.81. The Bertz CT molecular complexity index is 508. The number of nitrogen functional groups attached to an aromatic ring is 1. The van der Waals surface area contributed by atoms with E-state index in [2.05, 4.69) is 20.5 Å². The minimum atomic E-state index is 0.531. The Morgan fingerprint density at radius 3 is 2.88 bits per heavy atom. The molecule has 16 heavy (non-hydrogen) atoms. The summed E-state index contributed by atoms with van der Waals surface area (Å²) in [5.41, 5.74) is 6.86. The molecule has 0 aromatic carbocycles. The van der Waals surface area contributed by atoms with E-state index < -0.39 is 0 Å². The minimum Gasteiger partial charge on any atom is -0.381 e. The number of nitrogens with zero attached hydrogens (tertiary/aromatic N) is 6. The molecule has 2 aromatic heterocycles. The average Bonchev–Trinajstić information content (AvgIpc) is 2.92. The molecule has 2 aromatic rings. The van der Waals surface area contributed by atoms with Crippen LogP contribution in [0.2, 0.25) is 0 Å². The molecule has 2 N–H and O–H groups in total. The number of hydrogen-bond donors (Lipinski definition) is 1. The molecule has 1 aliphatic rings. The molecule has 1 saturated carbocycles. The molecule has 0 aliphatic heterocycles. The summed E-state index contributed by atoms with van der Waals surface area (Å²) in [6, 6.07) is 0. The number of hydrogen-bond acceptors (Lipinski definition) is 5. The van der Waals surface area contributed by atoms with Crippen molar-refractivity contribution in [2.75, 3.05) is 5.73 Å². The molecular formula is C9H13N7. The summed E-state index contributed by atoms with van der Waals surface area (Å²) in [5, 5.41) is 15.8. The van der Waals surface area contributed by atoms with E-state index in [-0.39, 0.29) is 0 Å². The monoisotopic (exact) mass is 219 g/mol. The van der Waals surface area contributed by atoms with Gasteiger partial charge in [-0.25, -0.2) is 4.68 Å². The van der Waals surface area contributed by atoms with Crippen LogP contribution in [0.3, 0.4) is 0 Å². The van der Waals surface area contributed by atoms with Crippen LogP contribution in [0.1, 0.15) is 30.3 Å². The molecule has 84 valence electrons. The van der Waals surface area contributed by atoms with Gasteiger partial charge in [0.2, 0.25) is 0 Å². The first-order chi connectivity index (χ1) is 7.75. The number of nitrogens with two attached hydrogens (primary N) is 1. The molecule has 3 rings (SSSR count). The summed E-state index contributed by atoms with van der Waals surface area (Å²) < 4.78 is 3.70. The van der Waals surface area contributed by atoms with Gasteiger partial charge in [-0.2, -0.15) is 0 Å². The van der Waals surface area contributed by atoms with Crippen molar-refractivity contribution in [3.05, 3.63) is 17.8 Å². The largest absolute Gasteiger partial charge is 0.381 e. The summed E-state index contributed by atoms with van der Waals surface area (Å²) in [4.78, 5) is 0. The molecule has 0 spiro atoms. The van der Waals surface area contributed by atoms with Crippen molar-refractivity contribution in [3.8, 4) is 0 Å². The summed E-state index contributed by atoms with van der Waals surface area (Å²) >= 11 is 0. The fraction of sp³-hybridized carbons (Fsp3) is 0.556. The number of aryl methyl sites for hydroxylation is 1. The lowest BCUT2D eigenvalue weighted by molar-refractivity contribution is 0.582. The first kappa shape index (κ1) is 9.32. The maximum atomic E-state index is 5.81. The lowest BCUT2D eigenvalue weighted by atomic mass is 10.3. The highest BCUT2D eigenvalue weighted by molar-refractivity contribution is 5.38. The Labute approximate surface area is 92.3 Å². The molecule has 0 amide bonds. The second kappa shape index (κ2) is 3.29. The molecule has 0 radical (unpaired) electrons. The smallest absolute Gasteiger partial charge is 0.169 e. The highest BCUT2D eigenvalue weighted by Crippen LogP contribution is 2.41. The minimum absolute atomic E-state index is 0.531. The Morgan fingerprint density at radius 1 is 1.44 bits per heavy atom. The van der Waals surface area contributed by atoms with Crippen molar-refractivity contribution in [1.29, 1.82) is 0 Å². The molecule has 0 bridgehead atoms. The Balaban J connectivity index is 1.92.